The van der Waals surface area contributed by atoms with Gasteiger partial charge in [-0.25, -0.2) is 0 Å². The molecular formula is C30H32N4O2. The van der Waals surface area contributed by atoms with Crippen molar-refractivity contribution in [2.45, 2.75) is 18.5 Å². The van der Waals surface area contributed by atoms with E-state index in [0.29, 0.717) is 12.1 Å². The Hall–Kier alpha value is -3.90. The third kappa shape index (κ3) is 4.40. The van der Waals surface area contributed by atoms with Crippen molar-refractivity contribution in [2.24, 2.45) is 7.05 Å². The highest BCUT2D eigenvalue weighted by molar-refractivity contribution is 6.02. The largest absolute Gasteiger partial charge is 0.354 e. The second-order valence-corrected chi connectivity index (χ2v) is 9.65. The first-order valence-corrected chi connectivity index (χ1v) is 12.4. The monoisotopic (exact) mass is 480 g/mol. The summed E-state index contributed by atoms with van der Waals surface area (Å²) in [5.74, 6) is -0.628. The van der Waals surface area contributed by atoms with E-state index in [1.54, 1.807) is 11.9 Å². The first kappa shape index (κ1) is 23.8. The minimum Gasteiger partial charge on any atom is -0.354 e. The number of hydrogen-bond acceptors (Lipinski definition) is 3. The average molecular weight is 481 g/mol. The fourth-order valence-corrected chi connectivity index (χ4v) is 5.41. The molecule has 36 heavy (non-hydrogen) atoms. The summed E-state index contributed by atoms with van der Waals surface area (Å²) >= 11 is 0. The summed E-state index contributed by atoms with van der Waals surface area (Å²) in [6.45, 7) is 2.07. The molecule has 6 nitrogen and oxygen atoms in total. The lowest BCUT2D eigenvalue weighted by atomic mass is 9.79. The number of carbonyl (C=O) groups excluding carboxylic acids is 2. The molecule has 2 atom stereocenters. The highest BCUT2D eigenvalue weighted by Crippen LogP contribution is 2.44. The molecule has 1 aromatic heterocycles. The highest BCUT2D eigenvalue weighted by Gasteiger charge is 2.43. The van der Waals surface area contributed by atoms with Crippen molar-refractivity contribution in [3.05, 3.63) is 107 Å². The second kappa shape index (κ2) is 9.99. The second-order valence-electron chi connectivity index (χ2n) is 9.65. The lowest BCUT2D eigenvalue weighted by molar-refractivity contribution is -0.124. The molecule has 6 heteroatoms. The number of carbonyl (C=O) groups is 2. The predicted molar refractivity (Wildman–Crippen MR) is 143 cm³/mol. The van der Waals surface area contributed by atoms with Crippen LogP contribution in [0.15, 0.2) is 85.1 Å². The molecule has 0 fully saturated rings. The number of nitrogens with one attached hydrogen (secondary N) is 1. The van der Waals surface area contributed by atoms with E-state index in [1.807, 2.05) is 61.6 Å². The quantitative estimate of drug-likeness (QED) is 0.428. The first-order valence-electron chi connectivity index (χ1n) is 12.4. The van der Waals surface area contributed by atoms with Gasteiger partial charge in [0.25, 0.3) is 5.91 Å². The number of aromatic nitrogens is 1. The van der Waals surface area contributed by atoms with E-state index in [2.05, 4.69) is 52.3 Å². The minimum absolute atomic E-state index is 0.0600. The zero-order chi connectivity index (χ0) is 25.2. The maximum Gasteiger partial charge on any atom is 0.254 e. The number of aryl methyl sites for hydroxylation is 1. The van der Waals surface area contributed by atoms with Crippen LogP contribution >= 0.6 is 0 Å². The maximum absolute atomic E-state index is 13.8. The van der Waals surface area contributed by atoms with Crippen molar-refractivity contribution < 1.29 is 9.59 Å². The van der Waals surface area contributed by atoms with E-state index in [0.717, 1.165) is 35.1 Å². The molecule has 1 aliphatic rings. The number of fused-ring (bicyclic) bond motifs is 2. The maximum atomic E-state index is 13.8. The molecule has 1 aliphatic heterocycles. The van der Waals surface area contributed by atoms with Crippen molar-refractivity contribution in [3.8, 4) is 0 Å². The fraction of sp³-hybridized carbons (Fsp3) is 0.267. The van der Waals surface area contributed by atoms with Crippen LogP contribution in [0.4, 0.5) is 0 Å². The summed E-state index contributed by atoms with van der Waals surface area (Å²) in [7, 11) is 5.86. The van der Waals surface area contributed by atoms with Gasteiger partial charge in [0, 0.05) is 62.0 Å². The third-order valence-electron chi connectivity index (χ3n) is 7.20. The number of amides is 2. The van der Waals surface area contributed by atoms with Crippen LogP contribution in [-0.4, -0.2) is 53.4 Å². The van der Waals surface area contributed by atoms with Crippen LogP contribution in [0.1, 0.15) is 39.0 Å². The van der Waals surface area contributed by atoms with Crippen molar-refractivity contribution in [3.63, 3.8) is 0 Å². The number of rotatable bonds is 7. The molecule has 1 N–H and O–H groups in total. The fourth-order valence-electron chi connectivity index (χ4n) is 5.41. The van der Waals surface area contributed by atoms with E-state index in [9.17, 15) is 9.59 Å². The summed E-state index contributed by atoms with van der Waals surface area (Å²) in [5.41, 5.74) is 4.68. The predicted octanol–water partition coefficient (Wildman–Crippen LogP) is 4.34. The summed E-state index contributed by atoms with van der Waals surface area (Å²) < 4.78 is 2.07. The molecule has 0 spiro atoms. The van der Waals surface area contributed by atoms with Gasteiger partial charge in [-0.15, -0.1) is 0 Å². The Morgan fingerprint density at radius 3 is 2.42 bits per heavy atom. The zero-order valence-corrected chi connectivity index (χ0v) is 21.0. The molecule has 2 heterocycles. The Kier molecular flexibility index (Phi) is 6.61. The van der Waals surface area contributed by atoms with Gasteiger partial charge >= 0.3 is 0 Å². The lowest BCUT2D eigenvalue weighted by Gasteiger charge is -2.39. The summed E-state index contributed by atoms with van der Waals surface area (Å²) in [6, 6.07) is 25.5. The van der Waals surface area contributed by atoms with Crippen LogP contribution in [0.25, 0.3) is 10.9 Å². The number of likely N-dealkylation sites (N-methyl/N-ethyl adjacent to an activating group) is 2. The molecule has 0 bridgehead atoms. The van der Waals surface area contributed by atoms with E-state index in [1.165, 1.54) is 5.56 Å². The van der Waals surface area contributed by atoms with Crippen LogP contribution in [0, 0.1) is 0 Å². The van der Waals surface area contributed by atoms with E-state index < -0.39 is 12.0 Å². The van der Waals surface area contributed by atoms with Gasteiger partial charge in [0.15, 0.2) is 0 Å². The molecule has 3 aromatic carbocycles. The van der Waals surface area contributed by atoms with Gasteiger partial charge in [0.05, 0.1) is 12.0 Å². The standard InChI is InChI=1S/C30H32N4O2/c1-32(19-21-11-5-4-6-12-21)18-17-31-29(35)27-23-14-7-8-15-24(23)30(36)34(3)28(27)25-20-33(2)26-16-10-9-13-22(25)26/h4-16,20,27-28H,17-19H2,1-3H3,(H,31,35). The van der Waals surface area contributed by atoms with Crippen molar-refractivity contribution in [2.75, 3.05) is 27.2 Å². The van der Waals surface area contributed by atoms with Gasteiger partial charge in [0.2, 0.25) is 5.91 Å². The zero-order valence-electron chi connectivity index (χ0n) is 21.0. The molecule has 2 amide bonds. The Bertz CT molecular complexity index is 1390. The van der Waals surface area contributed by atoms with Crippen LogP contribution in [0.3, 0.4) is 0 Å². The SMILES string of the molecule is CN(CCNC(=O)C1c2ccccc2C(=O)N(C)C1c1cn(C)c2ccccc12)Cc1ccccc1. The smallest absolute Gasteiger partial charge is 0.254 e. The van der Waals surface area contributed by atoms with Crippen LogP contribution in [-0.2, 0) is 18.4 Å². The molecule has 5 rings (SSSR count). The Morgan fingerprint density at radius 2 is 1.61 bits per heavy atom. The molecule has 4 aromatic rings. The topological polar surface area (TPSA) is 57.6 Å². The summed E-state index contributed by atoms with van der Waals surface area (Å²) in [6.07, 6.45) is 2.06. The lowest BCUT2D eigenvalue weighted by Crippen LogP contribution is -2.46. The van der Waals surface area contributed by atoms with Gasteiger partial charge in [-0.1, -0.05) is 66.7 Å². The normalized spacial score (nSPS) is 17.4. The van der Waals surface area contributed by atoms with E-state index in [4.69, 9.17) is 0 Å². The summed E-state index contributed by atoms with van der Waals surface area (Å²) in [4.78, 5) is 31.1. The Balaban J connectivity index is 1.43. The Labute approximate surface area is 212 Å². The van der Waals surface area contributed by atoms with Crippen molar-refractivity contribution in [1.82, 2.24) is 19.7 Å². The Morgan fingerprint density at radius 1 is 0.917 bits per heavy atom. The molecule has 184 valence electrons. The number of nitrogens with zero attached hydrogens (tertiary/aromatic N) is 3. The first-order chi connectivity index (χ1) is 17.5. The van der Waals surface area contributed by atoms with Crippen LogP contribution < -0.4 is 5.32 Å². The van der Waals surface area contributed by atoms with Crippen molar-refractivity contribution in [1.29, 1.82) is 0 Å². The van der Waals surface area contributed by atoms with Gasteiger partial charge in [-0.2, -0.15) is 0 Å². The number of benzene rings is 3. The van der Waals surface area contributed by atoms with E-state index in [-0.39, 0.29) is 11.8 Å². The molecule has 0 radical (unpaired) electrons. The van der Waals surface area contributed by atoms with Gasteiger partial charge in [-0.05, 0) is 30.3 Å². The van der Waals surface area contributed by atoms with Crippen molar-refractivity contribution >= 4 is 22.7 Å². The van der Waals surface area contributed by atoms with E-state index >= 15 is 0 Å². The molecule has 0 aliphatic carbocycles. The van der Waals surface area contributed by atoms with Crippen LogP contribution in [0.2, 0.25) is 0 Å². The van der Waals surface area contributed by atoms with Crippen LogP contribution in [0.5, 0.6) is 0 Å². The molecular weight excluding hydrogens is 448 g/mol. The van der Waals surface area contributed by atoms with Gasteiger partial charge in [-0.3, -0.25) is 9.59 Å². The average Bonchev–Trinajstić information content (AvgIpc) is 3.22. The van der Waals surface area contributed by atoms with Gasteiger partial charge in [0.1, 0.15) is 0 Å². The number of hydrogen-bond donors (Lipinski definition) is 1. The molecule has 0 saturated heterocycles. The summed E-state index contributed by atoms with van der Waals surface area (Å²) in [5, 5.41) is 4.23. The third-order valence-corrected chi connectivity index (χ3v) is 7.20. The minimum atomic E-state index is -0.505. The molecule has 0 saturated carbocycles. The molecule has 2 unspecified atom stereocenters. The highest BCUT2D eigenvalue weighted by atomic mass is 16.2. The number of para-hydroxylation sites is 1. The van der Waals surface area contributed by atoms with Gasteiger partial charge < -0.3 is 19.7 Å².